The van der Waals surface area contributed by atoms with Crippen molar-refractivity contribution in [1.29, 1.82) is 0 Å². The Balaban J connectivity index is 1.24. The summed E-state index contributed by atoms with van der Waals surface area (Å²) in [6.07, 6.45) is 9.74. The van der Waals surface area contributed by atoms with E-state index in [-0.39, 0.29) is 23.3 Å². The van der Waals surface area contributed by atoms with E-state index in [1.54, 1.807) is 0 Å². The molecule has 6 heteroatoms. The van der Waals surface area contributed by atoms with Crippen LogP contribution >= 0.6 is 0 Å². The molecule has 0 spiro atoms. The zero-order valence-corrected chi connectivity index (χ0v) is 19.1. The van der Waals surface area contributed by atoms with Crippen LogP contribution in [0.25, 0.3) is 11.0 Å². The third-order valence-electron chi connectivity index (χ3n) is 8.64. The molecule has 170 valence electrons. The predicted molar refractivity (Wildman–Crippen MR) is 124 cm³/mol. The number of aromatic nitrogens is 2. The van der Waals surface area contributed by atoms with Crippen LogP contribution in [0.3, 0.4) is 0 Å². The van der Waals surface area contributed by atoms with Gasteiger partial charge < -0.3 is 9.47 Å². The molecule has 7 rings (SSSR count). The number of amides is 2. The van der Waals surface area contributed by atoms with Crippen LogP contribution in [0.5, 0.6) is 0 Å². The van der Waals surface area contributed by atoms with Crippen LogP contribution < -0.4 is 5.32 Å². The highest BCUT2D eigenvalue weighted by Crippen LogP contribution is 2.60. The Labute approximate surface area is 189 Å². The quantitative estimate of drug-likeness (QED) is 0.748. The highest BCUT2D eigenvalue weighted by Gasteiger charge is 2.56. The lowest BCUT2D eigenvalue weighted by molar-refractivity contribution is -0.160. The highest BCUT2D eigenvalue weighted by molar-refractivity contribution is 5.98. The molecule has 4 aliphatic carbocycles. The summed E-state index contributed by atoms with van der Waals surface area (Å²) in [7, 11) is 0. The number of rotatable bonds is 5. The van der Waals surface area contributed by atoms with Crippen LogP contribution in [0, 0.1) is 23.2 Å². The Kier molecular flexibility index (Phi) is 4.81. The average Bonchev–Trinajstić information content (AvgIpc) is 3.38. The minimum Gasteiger partial charge on any atom is -0.330 e. The number of carbonyl (C=O) groups is 2. The number of nitrogens with zero attached hydrogens (tertiary/aromatic N) is 3. The van der Waals surface area contributed by atoms with E-state index in [1.807, 2.05) is 29.2 Å². The van der Waals surface area contributed by atoms with Gasteiger partial charge in [-0.3, -0.25) is 14.9 Å². The summed E-state index contributed by atoms with van der Waals surface area (Å²) in [6.45, 7) is 3.64. The van der Waals surface area contributed by atoms with Crippen molar-refractivity contribution in [3.63, 3.8) is 0 Å². The number of carbonyl (C=O) groups excluding carboxylic acids is 2. The fourth-order valence-corrected chi connectivity index (χ4v) is 7.77. The van der Waals surface area contributed by atoms with Gasteiger partial charge >= 0.3 is 0 Å². The second-order valence-electron chi connectivity index (χ2n) is 10.9. The zero-order chi connectivity index (χ0) is 21.9. The lowest BCUT2D eigenvalue weighted by Gasteiger charge is -2.56. The molecule has 2 aromatic rings. The van der Waals surface area contributed by atoms with E-state index >= 15 is 0 Å². The molecule has 5 fully saturated rings. The van der Waals surface area contributed by atoms with Crippen molar-refractivity contribution < 1.29 is 9.59 Å². The summed E-state index contributed by atoms with van der Waals surface area (Å²) >= 11 is 0. The number of aryl methyl sites for hydroxylation is 1. The number of nitrogens with one attached hydrogen (secondary N) is 1. The van der Waals surface area contributed by atoms with Gasteiger partial charge in [-0.15, -0.1) is 0 Å². The SMILES string of the molecule is CCCn1c(NC(=O)C2CCCN2C(=O)C23CC4CC(CC(C4)C2)C3)nc2ccccc21. The molecule has 2 amide bonds. The van der Waals surface area contributed by atoms with Gasteiger partial charge in [-0.25, -0.2) is 4.98 Å². The molecule has 1 aromatic heterocycles. The molecule has 5 aliphatic rings. The molecule has 0 radical (unpaired) electrons. The Bertz CT molecular complexity index is 1020. The minimum atomic E-state index is -0.370. The molecule has 4 bridgehead atoms. The van der Waals surface area contributed by atoms with E-state index in [0.29, 0.717) is 12.5 Å². The lowest BCUT2D eigenvalue weighted by Crippen LogP contribution is -2.56. The molecule has 32 heavy (non-hydrogen) atoms. The molecule has 4 saturated carbocycles. The number of fused-ring (bicyclic) bond motifs is 1. The molecular weight excluding hydrogens is 400 g/mol. The molecule has 1 atom stereocenters. The van der Waals surface area contributed by atoms with Crippen molar-refractivity contribution in [2.75, 3.05) is 11.9 Å². The Morgan fingerprint density at radius 1 is 1.09 bits per heavy atom. The molecule has 1 saturated heterocycles. The summed E-state index contributed by atoms with van der Waals surface area (Å²) in [5, 5.41) is 3.10. The van der Waals surface area contributed by atoms with Crippen molar-refractivity contribution in [2.24, 2.45) is 23.2 Å². The maximum atomic E-state index is 13.9. The van der Waals surface area contributed by atoms with Gasteiger partial charge in [-0.2, -0.15) is 0 Å². The fourth-order valence-electron chi connectivity index (χ4n) is 7.77. The number of para-hydroxylation sites is 2. The van der Waals surface area contributed by atoms with Crippen molar-refractivity contribution >= 4 is 28.8 Å². The first kappa shape index (κ1) is 20.3. The van der Waals surface area contributed by atoms with Gasteiger partial charge in [0, 0.05) is 13.1 Å². The number of imidazole rings is 1. The van der Waals surface area contributed by atoms with Crippen LogP contribution in [0.2, 0.25) is 0 Å². The number of hydrogen-bond donors (Lipinski definition) is 1. The van der Waals surface area contributed by atoms with Crippen molar-refractivity contribution in [3.8, 4) is 0 Å². The Morgan fingerprint density at radius 2 is 1.78 bits per heavy atom. The first-order valence-electron chi connectivity index (χ1n) is 12.6. The van der Waals surface area contributed by atoms with E-state index in [1.165, 1.54) is 19.3 Å². The van der Waals surface area contributed by atoms with E-state index in [0.717, 1.165) is 73.9 Å². The van der Waals surface area contributed by atoms with Gasteiger partial charge in [0.05, 0.1) is 16.4 Å². The van der Waals surface area contributed by atoms with Gasteiger partial charge in [0.25, 0.3) is 0 Å². The number of anilines is 1. The summed E-state index contributed by atoms with van der Waals surface area (Å²) in [5.41, 5.74) is 1.74. The molecule has 1 aliphatic heterocycles. The molecule has 6 nitrogen and oxygen atoms in total. The molecule has 2 heterocycles. The normalized spacial score (nSPS) is 33.2. The smallest absolute Gasteiger partial charge is 0.249 e. The number of benzene rings is 1. The van der Waals surface area contributed by atoms with E-state index in [4.69, 9.17) is 4.98 Å². The molecule has 1 aromatic carbocycles. The van der Waals surface area contributed by atoms with E-state index in [2.05, 4.69) is 16.8 Å². The monoisotopic (exact) mass is 434 g/mol. The summed E-state index contributed by atoms with van der Waals surface area (Å²) in [5.74, 6) is 2.99. The maximum absolute atomic E-state index is 13.9. The summed E-state index contributed by atoms with van der Waals surface area (Å²) < 4.78 is 2.09. The molecule has 1 unspecified atom stereocenters. The zero-order valence-electron chi connectivity index (χ0n) is 19.1. The number of hydrogen-bond acceptors (Lipinski definition) is 3. The largest absolute Gasteiger partial charge is 0.330 e. The van der Waals surface area contributed by atoms with Gasteiger partial charge in [0.1, 0.15) is 6.04 Å². The Hall–Kier alpha value is -2.37. The maximum Gasteiger partial charge on any atom is 0.249 e. The average molecular weight is 435 g/mol. The summed E-state index contributed by atoms with van der Waals surface area (Å²) in [4.78, 5) is 34.0. The van der Waals surface area contributed by atoms with Gasteiger partial charge in [0.15, 0.2) is 0 Å². The highest BCUT2D eigenvalue weighted by atomic mass is 16.2. The first-order chi connectivity index (χ1) is 15.6. The lowest BCUT2D eigenvalue weighted by atomic mass is 9.49. The first-order valence-corrected chi connectivity index (χ1v) is 12.6. The van der Waals surface area contributed by atoms with Crippen LogP contribution in [0.4, 0.5) is 5.95 Å². The van der Waals surface area contributed by atoms with Crippen LogP contribution in [0.15, 0.2) is 24.3 Å². The van der Waals surface area contributed by atoms with Crippen molar-refractivity contribution in [3.05, 3.63) is 24.3 Å². The Morgan fingerprint density at radius 3 is 2.47 bits per heavy atom. The minimum absolute atomic E-state index is 0.0757. The third kappa shape index (κ3) is 3.17. The van der Waals surface area contributed by atoms with Crippen molar-refractivity contribution in [2.45, 2.75) is 77.3 Å². The summed E-state index contributed by atoms with van der Waals surface area (Å²) in [6, 6.07) is 7.64. The van der Waals surface area contributed by atoms with Gasteiger partial charge in [0.2, 0.25) is 17.8 Å². The van der Waals surface area contributed by atoms with Crippen LogP contribution in [0.1, 0.15) is 64.7 Å². The predicted octanol–water partition coefficient (Wildman–Crippen LogP) is 4.59. The van der Waals surface area contributed by atoms with E-state index in [9.17, 15) is 9.59 Å². The topological polar surface area (TPSA) is 67.2 Å². The van der Waals surface area contributed by atoms with Gasteiger partial charge in [-0.05, 0) is 87.7 Å². The molecular formula is C26H34N4O2. The van der Waals surface area contributed by atoms with Crippen molar-refractivity contribution in [1.82, 2.24) is 14.5 Å². The second kappa shape index (κ2) is 7.60. The third-order valence-corrected chi connectivity index (χ3v) is 8.64. The van der Waals surface area contributed by atoms with Crippen LogP contribution in [-0.2, 0) is 16.1 Å². The fraction of sp³-hybridized carbons (Fsp3) is 0.654. The van der Waals surface area contributed by atoms with E-state index < -0.39 is 0 Å². The van der Waals surface area contributed by atoms with Crippen LogP contribution in [-0.4, -0.2) is 38.9 Å². The molecule has 1 N–H and O–H groups in total. The van der Waals surface area contributed by atoms with Gasteiger partial charge in [-0.1, -0.05) is 19.1 Å². The standard InChI is InChI=1S/C26H34N4O2/c1-2-9-30-21-7-4-3-6-20(21)27-25(30)28-23(31)22-8-5-10-29(22)24(32)26-14-17-11-18(15-26)13-19(12-17)16-26/h3-4,6-7,17-19,22H,2,5,8-16H2,1H3,(H,27,28,31). The second-order valence-corrected chi connectivity index (χ2v) is 10.9. The number of likely N-dealkylation sites (tertiary alicyclic amines) is 1.